The molecule has 2 saturated heterocycles. The Morgan fingerprint density at radius 3 is 2.70 bits per heavy atom. The predicted molar refractivity (Wildman–Crippen MR) is 173 cm³/mol. The molecule has 0 bridgehead atoms. The van der Waals surface area contributed by atoms with Crippen LogP contribution in [0, 0.1) is 23.0 Å². The number of nitrogens with zero attached hydrogens (tertiary/aromatic N) is 7. The second kappa shape index (κ2) is 13.4. The molecule has 3 atom stereocenters. The topological polar surface area (TPSA) is 128 Å². The number of aromatic nitrogens is 3. The Labute approximate surface area is 275 Å². The summed E-state index contributed by atoms with van der Waals surface area (Å²) < 4.78 is 43.0. The van der Waals surface area contributed by atoms with Crippen molar-refractivity contribution in [2.24, 2.45) is 0 Å². The van der Waals surface area contributed by atoms with Gasteiger partial charge in [0.25, 0.3) is 0 Å². The number of rotatable bonds is 8. The third kappa shape index (κ3) is 6.20. The van der Waals surface area contributed by atoms with Crippen LogP contribution in [0.5, 0.6) is 6.01 Å². The van der Waals surface area contributed by atoms with Gasteiger partial charge in [0, 0.05) is 62.5 Å². The second-order valence-corrected chi connectivity index (χ2v) is 12.4. The zero-order chi connectivity index (χ0) is 33.4. The van der Waals surface area contributed by atoms with Gasteiger partial charge in [-0.1, -0.05) is 35.9 Å². The van der Waals surface area contributed by atoms with Crippen LogP contribution in [0.2, 0.25) is 5.02 Å². The van der Waals surface area contributed by atoms with Crippen LogP contribution in [0.4, 0.5) is 19.4 Å². The summed E-state index contributed by atoms with van der Waals surface area (Å²) in [5, 5.41) is 20.2. The van der Waals surface area contributed by atoms with E-state index in [2.05, 4.69) is 34.8 Å². The van der Waals surface area contributed by atoms with E-state index < -0.39 is 23.8 Å². The second-order valence-electron chi connectivity index (χ2n) is 12.1. The Kier molecular flexibility index (Phi) is 9.27. The van der Waals surface area contributed by atoms with Crippen molar-refractivity contribution < 1.29 is 28.2 Å². The standard InChI is InChI=1S/C33H34ClF2N7O4/c1-18(2)43-16-22(46-3)13-21(43)17-47-32-39-30-24(31(40-32)41-11-12-42(33(44)45)20(15-41)9-10-37)14-38-29(28(30)36)23-6-4-5-19-7-8-25(35)27(34)26(19)23/h4-8,14,18,20-22H,9,11-13,15-17H2,1-3H3,(H,44,45)/t20-,21-,22+/m0/s1. The highest BCUT2D eigenvalue weighted by atomic mass is 35.5. The van der Waals surface area contributed by atoms with Gasteiger partial charge in [-0.05, 0) is 31.7 Å². The number of ether oxygens (including phenoxy) is 2. The van der Waals surface area contributed by atoms with E-state index in [1.807, 2.05) is 0 Å². The van der Waals surface area contributed by atoms with E-state index >= 15 is 4.39 Å². The van der Waals surface area contributed by atoms with Crippen LogP contribution in [0.3, 0.4) is 0 Å². The fourth-order valence-corrected chi connectivity index (χ4v) is 6.91. The Morgan fingerprint density at radius 1 is 1.17 bits per heavy atom. The molecule has 2 aromatic heterocycles. The zero-order valence-electron chi connectivity index (χ0n) is 26.2. The number of likely N-dealkylation sites (tertiary alicyclic amines) is 1. The molecule has 0 saturated carbocycles. The van der Waals surface area contributed by atoms with Crippen molar-refractivity contribution in [1.82, 2.24) is 24.8 Å². The van der Waals surface area contributed by atoms with Crippen molar-refractivity contribution in [2.75, 3.05) is 44.8 Å². The van der Waals surface area contributed by atoms with E-state index in [0.717, 1.165) is 13.0 Å². The molecule has 0 unspecified atom stereocenters. The van der Waals surface area contributed by atoms with E-state index in [4.69, 9.17) is 26.1 Å². The van der Waals surface area contributed by atoms with Gasteiger partial charge in [0.05, 0.1) is 35.0 Å². The van der Waals surface area contributed by atoms with Gasteiger partial charge in [0.2, 0.25) is 0 Å². The summed E-state index contributed by atoms with van der Waals surface area (Å²) in [5.74, 6) is -1.11. The molecule has 1 N–H and O–H groups in total. The Hall–Kier alpha value is -4.38. The minimum atomic E-state index is -1.12. The van der Waals surface area contributed by atoms with Gasteiger partial charge in [-0.2, -0.15) is 15.2 Å². The first-order valence-corrected chi connectivity index (χ1v) is 15.7. The molecule has 0 radical (unpaired) electrons. The number of anilines is 1. The molecular formula is C33H34ClF2N7O4. The minimum Gasteiger partial charge on any atom is -0.465 e. The molecule has 11 nitrogen and oxygen atoms in total. The third-order valence-corrected chi connectivity index (χ3v) is 9.38. The molecule has 47 heavy (non-hydrogen) atoms. The monoisotopic (exact) mass is 665 g/mol. The Morgan fingerprint density at radius 2 is 1.98 bits per heavy atom. The number of halogens is 3. The number of hydrogen-bond donors (Lipinski definition) is 1. The normalized spacial score (nSPS) is 20.3. The highest BCUT2D eigenvalue weighted by molar-refractivity contribution is 6.36. The summed E-state index contributed by atoms with van der Waals surface area (Å²) in [6, 6.07) is 9.52. The maximum absolute atomic E-state index is 16.7. The van der Waals surface area contributed by atoms with Crippen LogP contribution in [0.15, 0.2) is 36.5 Å². The van der Waals surface area contributed by atoms with E-state index in [0.29, 0.717) is 22.2 Å². The van der Waals surface area contributed by atoms with Crippen molar-refractivity contribution in [1.29, 1.82) is 5.26 Å². The van der Waals surface area contributed by atoms with Crippen LogP contribution in [-0.2, 0) is 4.74 Å². The molecule has 246 valence electrons. The summed E-state index contributed by atoms with van der Waals surface area (Å²) >= 11 is 6.38. The van der Waals surface area contributed by atoms with Crippen molar-refractivity contribution in [2.45, 2.75) is 50.9 Å². The lowest BCUT2D eigenvalue weighted by Crippen LogP contribution is -2.55. The molecule has 2 aromatic carbocycles. The number of carboxylic acid groups (broad SMARTS) is 1. The van der Waals surface area contributed by atoms with E-state index in [9.17, 15) is 19.6 Å². The summed E-state index contributed by atoms with van der Waals surface area (Å²) in [4.78, 5) is 30.9. The predicted octanol–water partition coefficient (Wildman–Crippen LogP) is 5.74. The van der Waals surface area contributed by atoms with Gasteiger partial charge < -0.3 is 24.4 Å². The Balaban J connectivity index is 1.45. The number of hydrogen-bond acceptors (Lipinski definition) is 9. The fourth-order valence-electron chi connectivity index (χ4n) is 6.64. The van der Waals surface area contributed by atoms with Crippen LogP contribution < -0.4 is 9.64 Å². The van der Waals surface area contributed by atoms with Crippen molar-refractivity contribution in [3.8, 4) is 23.3 Å². The molecule has 4 heterocycles. The quantitative estimate of drug-likeness (QED) is 0.249. The van der Waals surface area contributed by atoms with Crippen molar-refractivity contribution >= 4 is 45.2 Å². The van der Waals surface area contributed by atoms with E-state index in [1.165, 1.54) is 17.2 Å². The number of methoxy groups -OCH3 is 1. The molecule has 14 heteroatoms. The number of piperazine rings is 1. The first-order valence-electron chi connectivity index (χ1n) is 15.4. The van der Waals surface area contributed by atoms with Crippen LogP contribution >= 0.6 is 11.6 Å². The highest BCUT2D eigenvalue weighted by Crippen LogP contribution is 2.38. The molecule has 0 spiro atoms. The molecule has 6 rings (SSSR count). The number of benzene rings is 2. The molecule has 2 aliphatic heterocycles. The average molecular weight is 666 g/mol. The lowest BCUT2D eigenvalue weighted by atomic mass is 10.0. The first-order chi connectivity index (χ1) is 22.6. The maximum atomic E-state index is 16.7. The number of fused-ring (bicyclic) bond motifs is 2. The van der Waals surface area contributed by atoms with Gasteiger partial charge in [-0.15, -0.1) is 0 Å². The van der Waals surface area contributed by atoms with Gasteiger partial charge >= 0.3 is 12.1 Å². The lowest BCUT2D eigenvalue weighted by Gasteiger charge is -2.39. The van der Waals surface area contributed by atoms with E-state index in [1.54, 1.807) is 36.3 Å². The average Bonchev–Trinajstić information content (AvgIpc) is 3.49. The summed E-state index contributed by atoms with van der Waals surface area (Å²) in [6.45, 7) is 5.66. The molecule has 2 aliphatic rings. The number of pyridine rings is 1. The number of nitriles is 1. The maximum Gasteiger partial charge on any atom is 0.407 e. The SMILES string of the molecule is CO[C@@H]1C[C@@H](COc2nc(N3CCN(C(=O)O)[C@@H](CC#N)C3)c3cnc(-c4cccc5ccc(F)c(Cl)c45)c(F)c3n2)N(C(C)C)C1. The van der Waals surface area contributed by atoms with Crippen LogP contribution in [-0.4, -0.2) is 100 Å². The van der Waals surface area contributed by atoms with Crippen LogP contribution in [0.25, 0.3) is 32.9 Å². The number of carbonyl (C=O) groups is 1. The molecule has 1 amide bonds. The largest absolute Gasteiger partial charge is 0.465 e. The van der Waals surface area contributed by atoms with Crippen molar-refractivity contribution in [3.05, 3.63) is 53.2 Å². The fraction of sp³-hybridized carbons (Fsp3) is 0.424. The number of amides is 1. The molecule has 2 fully saturated rings. The van der Waals surface area contributed by atoms with Gasteiger partial charge in [-0.3, -0.25) is 9.88 Å². The highest BCUT2D eigenvalue weighted by Gasteiger charge is 2.35. The summed E-state index contributed by atoms with van der Waals surface area (Å²) in [6.07, 6.45) is 1.08. The minimum absolute atomic E-state index is 0.00684. The smallest absolute Gasteiger partial charge is 0.407 e. The lowest BCUT2D eigenvalue weighted by molar-refractivity contribution is 0.102. The Bertz CT molecular complexity index is 1870. The summed E-state index contributed by atoms with van der Waals surface area (Å²) in [5.41, 5.74) is 0.148. The first kappa shape index (κ1) is 32.6. The molecular weight excluding hydrogens is 632 g/mol. The van der Waals surface area contributed by atoms with Crippen molar-refractivity contribution in [3.63, 3.8) is 0 Å². The van der Waals surface area contributed by atoms with Crippen LogP contribution in [0.1, 0.15) is 26.7 Å². The molecule has 4 aromatic rings. The molecule has 0 aliphatic carbocycles. The van der Waals surface area contributed by atoms with Gasteiger partial charge in [0.1, 0.15) is 29.5 Å². The van der Waals surface area contributed by atoms with E-state index in [-0.39, 0.29) is 78.5 Å². The van der Waals surface area contributed by atoms with Gasteiger partial charge in [-0.25, -0.2) is 13.6 Å². The third-order valence-electron chi connectivity index (χ3n) is 9.01. The summed E-state index contributed by atoms with van der Waals surface area (Å²) in [7, 11) is 1.68. The zero-order valence-corrected chi connectivity index (χ0v) is 26.9. The van der Waals surface area contributed by atoms with Gasteiger partial charge in [0.15, 0.2) is 5.82 Å².